The molecule has 0 saturated heterocycles. The number of carbonyl (C=O) groups is 1. The summed E-state index contributed by atoms with van der Waals surface area (Å²) in [6.45, 7) is 2.02. The SMILES string of the molecule is CCC[C](=O)[Na]. The molecule has 0 atom stereocenters. The summed E-state index contributed by atoms with van der Waals surface area (Å²) >= 11 is 0.740. The van der Waals surface area contributed by atoms with Crippen LogP contribution < -0.4 is 0 Å². The first-order chi connectivity index (χ1) is 2.77. The predicted molar refractivity (Wildman–Crippen MR) is 25.7 cm³/mol. The van der Waals surface area contributed by atoms with Crippen molar-refractivity contribution in [1.82, 2.24) is 0 Å². The van der Waals surface area contributed by atoms with E-state index in [1.807, 2.05) is 6.92 Å². The van der Waals surface area contributed by atoms with E-state index in [2.05, 4.69) is 0 Å². The number of rotatable bonds is 2. The van der Waals surface area contributed by atoms with Crippen LogP contribution in [0, 0.1) is 0 Å². The van der Waals surface area contributed by atoms with Crippen LogP contribution in [0.25, 0.3) is 0 Å². The summed E-state index contributed by atoms with van der Waals surface area (Å²) in [5.74, 6) is 0. The molecule has 0 unspecified atom stereocenters. The van der Waals surface area contributed by atoms with E-state index < -0.39 is 0 Å². The van der Waals surface area contributed by atoms with E-state index in [1.54, 1.807) is 0 Å². The summed E-state index contributed by atoms with van der Waals surface area (Å²) < 4.78 is 0.428. The Kier molecular flexibility index (Phi) is 4.28. The molecule has 0 aliphatic heterocycles. The maximum absolute atomic E-state index is 10.1. The van der Waals surface area contributed by atoms with E-state index in [-0.39, 0.29) is 0 Å². The van der Waals surface area contributed by atoms with Gasteiger partial charge in [-0.3, -0.25) is 0 Å². The molecular formula is C4H7NaO. The van der Waals surface area contributed by atoms with Gasteiger partial charge >= 0.3 is 55.5 Å². The number of hydrogen-bond donors (Lipinski definition) is 0. The molecule has 30 valence electrons. The average Bonchev–Trinajstić information content (AvgIpc) is 1.35. The van der Waals surface area contributed by atoms with Gasteiger partial charge in [-0.2, -0.15) is 0 Å². The molecule has 0 spiro atoms. The van der Waals surface area contributed by atoms with E-state index in [0.29, 0.717) is 3.03 Å². The van der Waals surface area contributed by atoms with E-state index in [0.717, 1.165) is 40.8 Å². The maximum atomic E-state index is 10.1. The Bertz CT molecular complexity index is 51.5. The Labute approximate surface area is 55.5 Å². The second-order valence-corrected chi connectivity index (χ2v) is 2.57. The van der Waals surface area contributed by atoms with Gasteiger partial charge in [0, 0.05) is 0 Å². The molecule has 0 aromatic carbocycles. The van der Waals surface area contributed by atoms with Gasteiger partial charge < -0.3 is 0 Å². The molecule has 0 saturated carbocycles. The zero-order chi connectivity index (χ0) is 4.99. The number of hydrogen-bond acceptors (Lipinski definition) is 1. The van der Waals surface area contributed by atoms with Crippen molar-refractivity contribution in [2.75, 3.05) is 0 Å². The monoisotopic (exact) mass is 94.0 g/mol. The fourth-order valence-corrected chi connectivity index (χ4v) is 0.852. The third-order valence-electron chi connectivity index (χ3n) is 0.602. The van der Waals surface area contributed by atoms with Crippen LogP contribution >= 0.6 is 0 Å². The van der Waals surface area contributed by atoms with Crippen molar-refractivity contribution in [1.29, 1.82) is 0 Å². The quantitative estimate of drug-likeness (QED) is 0.455. The van der Waals surface area contributed by atoms with Crippen LogP contribution in [-0.4, -0.2) is 31.0 Å². The van der Waals surface area contributed by atoms with E-state index in [1.165, 1.54) is 0 Å². The summed E-state index contributed by atoms with van der Waals surface area (Å²) in [7, 11) is 0. The average molecular weight is 94.1 g/mol. The molecule has 0 aromatic rings. The Hall–Kier alpha value is 0.670. The molecule has 0 aliphatic rings. The molecule has 0 N–H and O–H groups in total. The first-order valence-corrected chi connectivity index (χ1v) is 3.26. The normalized spacial score (nSPS) is 8.50. The van der Waals surface area contributed by atoms with E-state index in [4.69, 9.17) is 0 Å². The van der Waals surface area contributed by atoms with Crippen molar-refractivity contribution in [3.8, 4) is 0 Å². The van der Waals surface area contributed by atoms with Crippen LogP contribution in [-0.2, 0) is 4.79 Å². The molecule has 6 heavy (non-hydrogen) atoms. The second-order valence-electron chi connectivity index (χ2n) is 1.45. The standard InChI is InChI=1S/C4H7O.Na/c1-2-3-4-5;/h2-3H2,1H3;. The Morgan fingerprint density at radius 2 is 2.33 bits per heavy atom. The summed E-state index contributed by atoms with van der Waals surface area (Å²) in [5.41, 5.74) is 0. The molecule has 0 heterocycles. The molecule has 0 fully saturated rings. The molecule has 2 heteroatoms. The van der Waals surface area contributed by atoms with Crippen LogP contribution in [0.1, 0.15) is 19.8 Å². The van der Waals surface area contributed by atoms with Crippen molar-refractivity contribution in [3.05, 3.63) is 0 Å². The van der Waals surface area contributed by atoms with E-state index in [9.17, 15) is 4.79 Å². The van der Waals surface area contributed by atoms with Crippen molar-refractivity contribution >= 4 is 31.0 Å². The Balaban J connectivity index is 2.83. The van der Waals surface area contributed by atoms with Crippen molar-refractivity contribution in [2.24, 2.45) is 0 Å². The van der Waals surface area contributed by atoms with Gasteiger partial charge in [-0.05, 0) is 0 Å². The van der Waals surface area contributed by atoms with Crippen LogP contribution in [0.2, 0.25) is 0 Å². The van der Waals surface area contributed by atoms with Crippen LogP contribution in [0.5, 0.6) is 0 Å². The fraction of sp³-hybridized carbons (Fsp3) is 0.750. The van der Waals surface area contributed by atoms with Gasteiger partial charge in [0.15, 0.2) is 0 Å². The van der Waals surface area contributed by atoms with Gasteiger partial charge in [-0.15, -0.1) is 0 Å². The topological polar surface area (TPSA) is 17.1 Å². The third-order valence-corrected chi connectivity index (χ3v) is 1.10. The molecule has 0 amide bonds. The summed E-state index contributed by atoms with van der Waals surface area (Å²) in [4.78, 5) is 10.1. The minimum absolute atomic E-state index is 0.428. The summed E-state index contributed by atoms with van der Waals surface area (Å²) in [5, 5.41) is 0. The number of carbonyl (C=O) groups excluding carboxylic acids is 1. The van der Waals surface area contributed by atoms with Gasteiger partial charge in [0.1, 0.15) is 0 Å². The third kappa shape index (κ3) is 4.67. The zero-order valence-corrected chi connectivity index (χ0v) is 6.32. The van der Waals surface area contributed by atoms with Crippen LogP contribution in [0.3, 0.4) is 0 Å². The Morgan fingerprint density at radius 3 is 2.33 bits per heavy atom. The minimum atomic E-state index is 0.428. The second kappa shape index (κ2) is 3.85. The van der Waals surface area contributed by atoms with Gasteiger partial charge in [0.2, 0.25) is 0 Å². The van der Waals surface area contributed by atoms with Gasteiger partial charge in [-0.1, -0.05) is 0 Å². The summed E-state index contributed by atoms with van der Waals surface area (Å²) in [6.07, 6.45) is 1.81. The van der Waals surface area contributed by atoms with Crippen molar-refractivity contribution < 1.29 is 4.79 Å². The first-order valence-electron chi connectivity index (χ1n) is 2.26. The van der Waals surface area contributed by atoms with Crippen LogP contribution in [0.4, 0.5) is 0 Å². The Morgan fingerprint density at radius 1 is 1.83 bits per heavy atom. The predicted octanol–water partition coefficient (Wildman–Crippen LogP) is 0.482. The molecule has 0 rings (SSSR count). The van der Waals surface area contributed by atoms with Crippen LogP contribution in [0.15, 0.2) is 0 Å². The fourth-order valence-electron chi connectivity index (χ4n) is 0.352. The molecule has 0 bridgehead atoms. The van der Waals surface area contributed by atoms with E-state index >= 15 is 0 Å². The molecule has 0 aromatic heterocycles. The molecular weight excluding hydrogens is 87.0 g/mol. The van der Waals surface area contributed by atoms with Crippen molar-refractivity contribution in [3.63, 3.8) is 0 Å². The van der Waals surface area contributed by atoms with Gasteiger partial charge in [-0.25, -0.2) is 0 Å². The first kappa shape index (κ1) is 6.67. The van der Waals surface area contributed by atoms with Crippen molar-refractivity contribution in [2.45, 2.75) is 19.8 Å². The molecule has 0 aliphatic carbocycles. The van der Waals surface area contributed by atoms with Gasteiger partial charge in [0.05, 0.1) is 0 Å². The molecule has 0 radical (unpaired) electrons. The molecule has 1 nitrogen and oxygen atoms in total. The van der Waals surface area contributed by atoms with Gasteiger partial charge in [0.25, 0.3) is 0 Å². The zero-order valence-electron chi connectivity index (χ0n) is 4.32. The summed E-state index contributed by atoms with van der Waals surface area (Å²) in [6, 6.07) is 0.